The van der Waals surface area contributed by atoms with Crippen molar-refractivity contribution in [3.63, 3.8) is 0 Å². The van der Waals surface area contributed by atoms with Gasteiger partial charge in [0, 0.05) is 38.2 Å². The quantitative estimate of drug-likeness (QED) is 0.770. The highest BCUT2D eigenvalue weighted by Crippen LogP contribution is 2.24. The van der Waals surface area contributed by atoms with E-state index in [9.17, 15) is 4.79 Å². The molecule has 4 rings (SSSR count). The Balaban J connectivity index is 1.45. The molecule has 2 bridgehead atoms. The van der Waals surface area contributed by atoms with Gasteiger partial charge < -0.3 is 25.0 Å². The van der Waals surface area contributed by atoms with Gasteiger partial charge in [0.2, 0.25) is 0 Å². The van der Waals surface area contributed by atoms with Gasteiger partial charge in [-0.15, -0.1) is 0 Å². The standard InChI is InChI=1S/C26H35N3O3/c30-26(28-9-13-29-11-2-1-3-12-29)23-7-8-25-24(19-23)18-21-5-4-6-22(17-21)20-27-10-14-31-15-16-32-25/h4-8,17,19,27H,1-3,9-16,18,20H2,(H,28,30). The molecular formula is C26H35N3O3. The molecule has 2 aliphatic heterocycles. The Hall–Kier alpha value is -2.41. The first-order chi connectivity index (χ1) is 15.8. The van der Waals surface area contributed by atoms with E-state index in [1.54, 1.807) is 0 Å². The molecular weight excluding hydrogens is 402 g/mol. The van der Waals surface area contributed by atoms with Gasteiger partial charge in [0.1, 0.15) is 12.4 Å². The van der Waals surface area contributed by atoms with E-state index in [0.717, 1.165) is 50.5 Å². The van der Waals surface area contributed by atoms with Crippen LogP contribution in [-0.4, -0.2) is 63.4 Å². The van der Waals surface area contributed by atoms with Crippen molar-refractivity contribution in [2.45, 2.75) is 32.2 Å². The predicted octanol–water partition coefficient (Wildman–Crippen LogP) is 2.99. The second-order valence-corrected chi connectivity index (χ2v) is 8.62. The Morgan fingerprint density at radius 3 is 2.78 bits per heavy atom. The molecule has 32 heavy (non-hydrogen) atoms. The minimum absolute atomic E-state index is 0.0227. The summed E-state index contributed by atoms with van der Waals surface area (Å²) < 4.78 is 11.7. The molecule has 2 heterocycles. The minimum atomic E-state index is -0.0227. The molecule has 1 saturated heterocycles. The largest absolute Gasteiger partial charge is 0.491 e. The van der Waals surface area contributed by atoms with Gasteiger partial charge in [-0.3, -0.25) is 4.79 Å². The second kappa shape index (κ2) is 12.0. The maximum absolute atomic E-state index is 12.8. The topological polar surface area (TPSA) is 62.8 Å². The van der Waals surface area contributed by atoms with Crippen LogP contribution in [0.2, 0.25) is 0 Å². The molecule has 0 saturated carbocycles. The van der Waals surface area contributed by atoms with Crippen LogP contribution >= 0.6 is 0 Å². The summed E-state index contributed by atoms with van der Waals surface area (Å²) in [7, 11) is 0. The lowest BCUT2D eigenvalue weighted by Gasteiger charge is -2.26. The Morgan fingerprint density at radius 2 is 1.88 bits per heavy atom. The van der Waals surface area contributed by atoms with Gasteiger partial charge in [-0.2, -0.15) is 0 Å². The van der Waals surface area contributed by atoms with E-state index in [-0.39, 0.29) is 5.91 Å². The third-order valence-corrected chi connectivity index (χ3v) is 6.11. The first-order valence-electron chi connectivity index (χ1n) is 11.9. The number of fused-ring (bicyclic) bond motifs is 3. The Kier molecular flexibility index (Phi) is 8.54. The van der Waals surface area contributed by atoms with Crippen molar-refractivity contribution in [3.8, 4) is 5.75 Å². The van der Waals surface area contributed by atoms with Crippen LogP contribution in [0.3, 0.4) is 0 Å². The van der Waals surface area contributed by atoms with Crippen LogP contribution in [0, 0.1) is 0 Å². The van der Waals surface area contributed by atoms with Gasteiger partial charge in [0.25, 0.3) is 5.91 Å². The number of hydrogen-bond donors (Lipinski definition) is 2. The molecule has 1 fully saturated rings. The van der Waals surface area contributed by atoms with Crippen molar-refractivity contribution in [2.75, 3.05) is 52.5 Å². The van der Waals surface area contributed by atoms with Gasteiger partial charge in [-0.25, -0.2) is 0 Å². The summed E-state index contributed by atoms with van der Waals surface area (Å²) in [6.45, 7) is 7.22. The van der Waals surface area contributed by atoms with Gasteiger partial charge in [-0.05, 0) is 60.8 Å². The van der Waals surface area contributed by atoms with Crippen LogP contribution < -0.4 is 15.4 Å². The average Bonchev–Trinajstić information content (AvgIpc) is 2.82. The number of amides is 1. The molecule has 0 atom stereocenters. The first-order valence-corrected chi connectivity index (χ1v) is 11.9. The highest BCUT2D eigenvalue weighted by atomic mass is 16.5. The number of likely N-dealkylation sites (tertiary alicyclic amines) is 1. The highest BCUT2D eigenvalue weighted by Gasteiger charge is 2.14. The van der Waals surface area contributed by atoms with Crippen LogP contribution in [0.5, 0.6) is 5.75 Å². The van der Waals surface area contributed by atoms with Crippen LogP contribution in [0.25, 0.3) is 0 Å². The molecule has 2 aromatic rings. The molecule has 2 N–H and O–H groups in total. The van der Waals surface area contributed by atoms with Crippen LogP contribution in [0.15, 0.2) is 42.5 Å². The van der Waals surface area contributed by atoms with E-state index in [1.165, 1.54) is 30.4 Å². The Bertz CT molecular complexity index is 880. The number of nitrogens with one attached hydrogen (secondary N) is 2. The maximum Gasteiger partial charge on any atom is 0.251 e. The molecule has 0 spiro atoms. The monoisotopic (exact) mass is 437 g/mol. The molecule has 2 aromatic carbocycles. The minimum Gasteiger partial charge on any atom is -0.491 e. The lowest BCUT2D eigenvalue weighted by Crippen LogP contribution is -2.37. The molecule has 0 unspecified atom stereocenters. The number of nitrogens with zero attached hydrogens (tertiary/aromatic N) is 1. The molecule has 6 nitrogen and oxygen atoms in total. The lowest BCUT2D eigenvalue weighted by atomic mass is 9.99. The zero-order chi connectivity index (χ0) is 22.0. The van der Waals surface area contributed by atoms with Crippen molar-refractivity contribution in [3.05, 3.63) is 64.7 Å². The number of benzene rings is 2. The summed E-state index contributed by atoms with van der Waals surface area (Å²) in [6, 6.07) is 14.3. The van der Waals surface area contributed by atoms with Crippen molar-refractivity contribution in [1.82, 2.24) is 15.5 Å². The van der Waals surface area contributed by atoms with Crippen molar-refractivity contribution < 1.29 is 14.3 Å². The number of ether oxygens (including phenoxy) is 2. The third kappa shape index (κ3) is 6.79. The number of piperidine rings is 1. The second-order valence-electron chi connectivity index (χ2n) is 8.62. The van der Waals surface area contributed by atoms with Crippen LogP contribution in [-0.2, 0) is 17.7 Å². The molecule has 0 aromatic heterocycles. The number of hydrogen-bond acceptors (Lipinski definition) is 5. The molecule has 2 aliphatic rings. The van der Waals surface area contributed by atoms with E-state index in [0.29, 0.717) is 31.9 Å². The molecule has 0 aliphatic carbocycles. The molecule has 0 radical (unpaired) electrons. The summed E-state index contributed by atoms with van der Waals surface area (Å²) in [4.78, 5) is 15.2. The van der Waals surface area contributed by atoms with Crippen LogP contribution in [0.4, 0.5) is 0 Å². The van der Waals surface area contributed by atoms with Crippen molar-refractivity contribution >= 4 is 5.91 Å². The fourth-order valence-corrected chi connectivity index (χ4v) is 4.37. The van der Waals surface area contributed by atoms with Crippen molar-refractivity contribution in [2.24, 2.45) is 0 Å². The molecule has 1 amide bonds. The average molecular weight is 438 g/mol. The summed E-state index contributed by atoms with van der Waals surface area (Å²) in [5.41, 5.74) is 4.16. The van der Waals surface area contributed by atoms with Gasteiger partial charge in [0.15, 0.2) is 0 Å². The van der Waals surface area contributed by atoms with E-state index in [1.807, 2.05) is 18.2 Å². The first kappa shape index (κ1) is 22.8. The zero-order valence-corrected chi connectivity index (χ0v) is 18.9. The third-order valence-electron chi connectivity index (χ3n) is 6.11. The van der Waals surface area contributed by atoms with Gasteiger partial charge in [0.05, 0.1) is 13.2 Å². The fraction of sp³-hybridized carbons (Fsp3) is 0.500. The number of rotatable bonds is 4. The zero-order valence-electron chi connectivity index (χ0n) is 18.9. The maximum atomic E-state index is 12.8. The summed E-state index contributed by atoms with van der Waals surface area (Å²) in [6.07, 6.45) is 4.58. The summed E-state index contributed by atoms with van der Waals surface area (Å²) in [5, 5.41) is 6.50. The summed E-state index contributed by atoms with van der Waals surface area (Å²) in [5.74, 6) is 0.796. The van der Waals surface area contributed by atoms with E-state index in [4.69, 9.17) is 9.47 Å². The van der Waals surface area contributed by atoms with Crippen LogP contribution in [0.1, 0.15) is 46.3 Å². The predicted molar refractivity (Wildman–Crippen MR) is 126 cm³/mol. The Morgan fingerprint density at radius 1 is 1.00 bits per heavy atom. The van der Waals surface area contributed by atoms with E-state index < -0.39 is 0 Å². The smallest absolute Gasteiger partial charge is 0.251 e. The van der Waals surface area contributed by atoms with E-state index >= 15 is 0 Å². The fourth-order valence-electron chi connectivity index (χ4n) is 4.37. The highest BCUT2D eigenvalue weighted by molar-refractivity contribution is 5.94. The van der Waals surface area contributed by atoms with Crippen molar-refractivity contribution in [1.29, 1.82) is 0 Å². The van der Waals surface area contributed by atoms with Gasteiger partial charge in [-0.1, -0.05) is 30.7 Å². The Labute approximate surface area is 191 Å². The number of carbonyl (C=O) groups is 1. The molecule has 172 valence electrons. The van der Waals surface area contributed by atoms with E-state index in [2.05, 4.69) is 39.8 Å². The SMILES string of the molecule is O=C(NCCN1CCCCC1)c1ccc2c(c1)Cc1cccc(c1)CNCCOCCO2. The summed E-state index contributed by atoms with van der Waals surface area (Å²) >= 11 is 0. The number of carbonyl (C=O) groups excluding carboxylic acids is 1. The normalized spacial score (nSPS) is 18.1. The lowest BCUT2D eigenvalue weighted by molar-refractivity contribution is 0.0945. The molecule has 6 heteroatoms. The van der Waals surface area contributed by atoms with Gasteiger partial charge >= 0.3 is 0 Å².